The lowest BCUT2D eigenvalue weighted by Crippen LogP contribution is -2.29. The highest BCUT2D eigenvalue weighted by Gasteiger charge is 2.40. The van der Waals surface area contributed by atoms with E-state index in [1.807, 2.05) is 54.6 Å². The van der Waals surface area contributed by atoms with Crippen LogP contribution in [0.2, 0.25) is 0 Å². The van der Waals surface area contributed by atoms with Crippen LogP contribution in [0.25, 0.3) is 0 Å². The van der Waals surface area contributed by atoms with Gasteiger partial charge in [-0.2, -0.15) is 5.26 Å². The zero-order valence-electron chi connectivity index (χ0n) is 13.8. The first-order valence-corrected chi connectivity index (χ1v) is 8.59. The molecule has 1 unspecified atom stereocenters. The van der Waals surface area contributed by atoms with E-state index in [2.05, 4.69) is 6.07 Å². The standard InChI is InChI=1S/C21H23NO2/c22-16-21(13-5-2-6-14-21)20(23)18-9-11-19(12-10-18)24-15-17-7-3-1-4-8-17/h1,3-4,7-12,20,23H,2,5-6,13-15H2. The number of benzene rings is 2. The molecular weight excluding hydrogens is 298 g/mol. The van der Waals surface area contributed by atoms with Gasteiger partial charge in [-0.15, -0.1) is 0 Å². The second-order valence-electron chi connectivity index (χ2n) is 6.57. The topological polar surface area (TPSA) is 53.2 Å². The van der Waals surface area contributed by atoms with Crippen molar-refractivity contribution in [2.24, 2.45) is 5.41 Å². The Morgan fingerprint density at radius 1 is 1.00 bits per heavy atom. The average Bonchev–Trinajstić information content (AvgIpc) is 2.67. The molecule has 3 rings (SSSR count). The van der Waals surface area contributed by atoms with Gasteiger partial charge in [0.15, 0.2) is 0 Å². The molecule has 24 heavy (non-hydrogen) atoms. The lowest BCUT2D eigenvalue weighted by atomic mass is 9.69. The van der Waals surface area contributed by atoms with Crippen molar-refractivity contribution < 1.29 is 9.84 Å². The van der Waals surface area contributed by atoms with E-state index >= 15 is 0 Å². The summed E-state index contributed by atoms with van der Waals surface area (Å²) in [6.07, 6.45) is 4.01. The Bertz CT molecular complexity index is 682. The lowest BCUT2D eigenvalue weighted by molar-refractivity contribution is 0.0359. The molecule has 1 aliphatic carbocycles. The second-order valence-corrected chi connectivity index (χ2v) is 6.57. The zero-order chi connectivity index (χ0) is 16.8. The van der Waals surface area contributed by atoms with Crippen molar-refractivity contribution in [2.75, 3.05) is 0 Å². The predicted octanol–water partition coefficient (Wildman–Crippen LogP) is 4.77. The summed E-state index contributed by atoms with van der Waals surface area (Å²) in [4.78, 5) is 0. The summed E-state index contributed by atoms with van der Waals surface area (Å²) in [5.41, 5.74) is 1.28. The van der Waals surface area contributed by atoms with Gasteiger partial charge in [-0.1, -0.05) is 61.7 Å². The maximum absolute atomic E-state index is 10.7. The Morgan fingerprint density at radius 2 is 1.67 bits per heavy atom. The molecule has 3 nitrogen and oxygen atoms in total. The number of hydrogen-bond acceptors (Lipinski definition) is 3. The Kier molecular flexibility index (Phi) is 5.17. The van der Waals surface area contributed by atoms with E-state index in [0.717, 1.165) is 49.0 Å². The van der Waals surface area contributed by atoms with Crippen molar-refractivity contribution in [3.8, 4) is 11.8 Å². The molecule has 2 aromatic carbocycles. The highest BCUT2D eigenvalue weighted by atomic mass is 16.5. The van der Waals surface area contributed by atoms with Crippen LogP contribution in [-0.2, 0) is 6.61 Å². The van der Waals surface area contributed by atoms with Gasteiger partial charge in [-0.25, -0.2) is 0 Å². The quantitative estimate of drug-likeness (QED) is 0.862. The third-order valence-electron chi connectivity index (χ3n) is 4.94. The molecule has 124 valence electrons. The van der Waals surface area contributed by atoms with Gasteiger partial charge in [0, 0.05) is 0 Å². The second kappa shape index (κ2) is 7.51. The van der Waals surface area contributed by atoms with Crippen molar-refractivity contribution >= 4 is 0 Å². The van der Waals surface area contributed by atoms with E-state index in [9.17, 15) is 10.4 Å². The fraction of sp³-hybridized carbons (Fsp3) is 0.381. The van der Waals surface area contributed by atoms with E-state index in [0.29, 0.717) is 6.61 Å². The van der Waals surface area contributed by atoms with Crippen LogP contribution in [0.4, 0.5) is 0 Å². The van der Waals surface area contributed by atoms with E-state index in [4.69, 9.17) is 4.74 Å². The van der Waals surface area contributed by atoms with Crippen LogP contribution in [0, 0.1) is 16.7 Å². The molecule has 1 N–H and O–H groups in total. The molecule has 0 aromatic heterocycles. The minimum Gasteiger partial charge on any atom is -0.489 e. The van der Waals surface area contributed by atoms with Crippen LogP contribution in [0.5, 0.6) is 5.75 Å². The highest BCUT2D eigenvalue weighted by molar-refractivity contribution is 5.31. The molecule has 1 fully saturated rings. The normalized spacial score (nSPS) is 17.7. The smallest absolute Gasteiger partial charge is 0.119 e. The molecule has 1 atom stereocenters. The zero-order valence-corrected chi connectivity index (χ0v) is 13.8. The summed E-state index contributed by atoms with van der Waals surface area (Å²) in [5, 5.41) is 20.3. The van der Waals surface area contributed by atoms with E-state index in [-0.39, 0.29) is 0 Å². The molecule has 0 amide bonds. The minimum atomic E-state index is -0.731. The molecule has 0 aliphatic heterocycles. The third-order valence-corrected chi connectivity index (χ3v) is 4.94. The number of nitrogens with zero attached hydrogens (tertiary/aromatic N) is 1. The summed E-state index contributed by atoms with van der Waals surface area (Å²) in [6, 6.07) is 19.9. The maximum Gasteiger partial charge on any atom is 0.119 e. The van der Waals surface area contributed by atoms with Crippen LogP contribution in [0.15, 0.2) is 54.6 Å². The number of rotatable bonds is 5. The summed E-state index contributed by atoms with van der Waals surface area (Å²) in [7, 11) is 0. The van der Waals surface area contributed by atoms with Gasteiger partial charge >= 0.3 is 0 Å². The molecule has 0 bridgehead atoms. The van der Waals surface area contributed by atoms with Gasteiger partial charge in [-0.3, -0.25) is 0 Å². The van der Waals surface area contributed by atoms with E-state index in [1.54, 1.807) is 0 Å². The largest absolute Gasteiger partial charge is 0.489 e. The van der Waals surface area contributed by atoms with Gasteiger partial charge in [0.1, 0.15) is 12.4 Å². The van der Waals surface area contributed by atoms with Crippen LogP contribution < -0.4 is 4.74 Å². The van der Waals surface area contributed by atoms with Crippen molar-refractivity contribution in [3.05, 3.63) is 65.7 Å². The Balaban J connectivity index is 1.66. The first kappa shape index (κ1) is 16.5. The fourth-order valence-corrected chi connectivity index (χ4v) is 3.44. The van der Waals surface area contributed by atoms with Crippen molar-refractivity contribution in [1.82, 2.24) is 0 Å². The van der Waals surface area contributed by atoms with Crippen LogP contribution in [0.1, 0.15) is 49.3 Å². The van der Waals surface area contributed by atoms with Gasteiger partial charge in [0.2, 0.25) is 0 Å². The van der Waals surface area contributed by atoms with Gasteiger partial charge < -0.3 is 9.84 Å². The molecule has 3 heteroatoms. The molecule has 2 aromatic rings. The van der Waals surface area contributed by atoms with Crippen LogP contribution in [0.3, 0.4) is 0 Å². The Morgan fingerprint density at radius 3 is 2.29 bits per heavy atom. The highest BCUT2D eigenvalue weighted by Crippen LogP contribution is 2.45. The minimum absolute atomic E-state index is 0.519. The molecule has 0 heterocycles. The number of ether oxygens (including phenoxy) is 1. The first-order valence-electron chi connectivity index (χ1n) is 8.59. The number of aliphatic hydroxyl groups is 1. The molecule has 0 radical (unpaired) electrons. The first-order chi connectivity index (χ1) is 11.7. The average molecular weight is 321 g/mol. The molecule has 0 saturated heterocycles. The number of hydrogen-bond donors (Lipinski definition) is 1. The summed E-state index contributed by atoms with van der Waals surface area (Å²) >= 11 is 0. The van der Waals surface area contributed by atoms with E-state index in [1.165, 1.54) is 0 Å². The number of nitriles is 1. The molecule has 1 aliphatic rings. The van der Waals surface area contributed by atoms with Crippen molar-refractivity contribution in [1.29, 1.82) is 5.26 Å². The van der Waals surface area contributed by atoms with Gasteiger partial charge in [-0.05, 0) is 36.1 Å². The monoisotopic (exact) mass is 321 g/mol. The number of aliphatic hydroxyl groups excluding tert-OH is 1. The fourth-order valence-electron chi connectivity index (χ4n) is 3.44. The Hall–Kier alpha value is -2.31. The SMILES string of the molecule is N#CC1(C(O)c2ccc(OCc3ccccc3)cc2)CCCCC1. The summed E-state index contributed by atoms with van der Waals surface area (Å²) < 4.78 is 5.78. The van der Waals surface area contributed by atoms with Crippen molar-refractivity contribution in [2.45, 2.75) is 44.8 Å². The summed E-state index contributed by atoms with van der Waals surface area (Å²) in [5.74, 6) is 0.768. The van der Waals surface area contributed by atoms with Crippen molar-refractivity contribution in [3.63, 3.8) is 0 Å². The Labute approximate surface area is 143 Å². The maximum atomic E-state index is 10.7. The molecule has 0 spiro atoms. The van der Waals surface area contributed by atoms with E-state index < -0.39 is 11.5 Å². The van der Waals surface area contributed by atoms with Gasteiger partial charge in [0.25, 0.3) is 0 Å². The summed E-state index contributed by atoms with van der Waals surface area (Å²) in [6.45, 7) is 0.519. The van der Waals surface area contributed by atoms with Crippen LogP contribution in [-0.4, -0.2) is 5.11 Å². The molecular formula is C21H23NO2. The predicted molar refractivity (Wildman–Crippen MR) is 93.3 cm³/mol. The molecule has 1 saturated carbocycles. The lowest BCUT2D eigenvalue weighted by Gasteiger charge is -2.35. The van der Waals surface area contributed by atoms with Crippen LogP contribution >= 0.6 is 0 Å². The van der Waals surface area contributed by atoms with Gasteiger partial charge in [0.05, 0.1) is 17.6 Å². The third kappa shape index (κ3) is 3.60.